The summed E-state index contributed by atoms with van der Waals surface area (Å²) in [5.41, 5.74) is 0. The Kier molecular flexibility index (Phi) is 7.93. The van der Waals surface area contributed by atoms with Gasteiger partial charge in [0.05, 0.1) is 17.9 Å². The smallest absolute Gasteiger partial charge is 0.305 e. The molecule has 1 aromatic rings. The zero-order valence-corrected chi connectivity index (χ0v) is 14.2. The van der Waals surface area contributed by atoms with Crippen molar-refractivity contribution < 1.29 is 14.3 Å². The molecule has 1 aromatic carbocycles. The average Bonchev–Trinajstić information content (AvgIpc) is 2.47. The monoisotopic (exact) mass is 349 g/mol. The molecule has 0 saturated heterocycles. The zero-order chi connectivity index (χ0) is 15.8. The van der Waals surface area contributed by atoms with Crippen molar-refractivity contribution in [3.63, 3.8) is 0 Å². The van der Waals surface area contributed by atoms with Gasteiger partial charge in [0.15, 0.2) is 0 Å². The van der Waals surface area contributed by atoms with Gasteiger partial charge in [0.25, 0.3) is 0 Å². The average molecular weight is 350 g/mol. The topological polar surface area (TPSA) is 46.6 Å². The van der Waals surface area contributed by atoms with Crippen molar-refractivity contribution in [3.8, 4) is 0 Å². The van der Waals surface area contributed by atoms with Crippen LogP contribution in [0.5, 0.6) is 0 Å². The number of nitrogens with zero attached hydrogens (tertiary/aromatic N) is 1. The number of hydrogen-bond donors (Lipinski definition) is 0. The van der Waals surface area contributed by atoms with Gasteiger partial charge in [-0.05, 0) is 24.6 Å². The minimum absolute atomic E-state index is 0.0269. The summed E-state index contributed by atoms with van der Waals surface area (Å²) < 4.78 is 4.55. The lowest BCUT2D eigenvalue weighted by atomic mass is 10.3. The van der Waals surface area contributed by atoms with Crippen LogP contribution < -0.4 is 0 Å². The number of esters is 1. The Labute approximate surface area is 138 Å². The van der Waals surface area contributed by atoms with Crippen LogP contribution in [-0.2, 0) is 14.3 Å². The van der Waals surface area contributed by atoms with Gasteiger partial charge in [-0.1, -0.05) is 23.2 Å². The lowest BCUT2D eigenvalue weighted by molar-refractivity contribution is -0.141. The van der Waals surface area contributed by atoms with Crippen molar-refractivity contribution in [2.24, 2.45) is 0 Å². The van der Waals surface area contributed by atoms with Gasteiger partial charge >= 0.3 is 5.97 Å². The molecule has 7 heteroatoms. The van der Waals surface area contributed by atoms with E-state index in [0.29, 0.717) is 29.4 Å². The molecule has 0 aliphatic rings. The Morgan fingerprint density at radius 3 is 2.71 bits per heavy atom. The molecule has 0 unspecified atom stereocenters. The van der Waals surface area contributed by atoms with E-state index in [1.54, 1.807) is 30.1 Å². The van der Waals surface area contributed by atoms with Gasteiger partial charge < -0.3 is 9.64 Å². The van der Waals surface area contributed by atoms with Crippen LogP contribution in [0.15, 0.2) is 23.1 Å². The van der Waals surface area contributed by atoms with E-state index in [2.05, 4.69) is 4.74 Å². The molecule has 1 amide bonds. The van der Waals surface area contributed by atoms with E-state index in [1.165, 1.54) is 18.9 Å². The number of carbonyl (C=O) groups is 2. The molecule has 0 heterocycles. The van der Waals surface area contributed by atoms with Crippen molar-refractivity contribution in [3.05, 3.63) is 28.2 Å². The highest BCUT2D eigenvalue weighted by Crippen LogP contribution is 2.29. The maximum Gasteiger partial charge on any atom is 0.305 e. The number of rotatable bonds is 7. The largest absolute Gasteiger partial charge is 0.469 e. The molecule has 0 bridgehead atoms. The molecule has 0 spiro atoms. The summed E-state index contributed by atoms with van der Waals surface area (Å²) in [5.74, 6) is -0.0220. The van der Waals surface area contributed by atoms with E-state index in [9.17, 15) is 9.59 Å². The second-order valence-electron chi connectivity index (χ2n) is 4.36. The fraction of sp³-hybridized carbons (Fsp3) is 0.429. The van der Waals surface area contributed by atoms with E-state index in [1.807, 2.05) is 0 Å². The minimum Gasteiger partial charge on any atom is -0.469 e. The number of halogens is 2. The second-order valence-corrected chi connectivity index (χ2v) is 6.22. The van der Waals surface area contributed by atoms with E-state index >= 15 is 0 Å². The van der Waals surface area contributed by atoms with Gasteiger partial charge in [-0.2, -0.15) is 0 Å². The highest BCUT2D eigenvalue weighted by molar-refractivity contribution is 8.00. The molecule has 0 aromatic heterocycles. The first-order valence-electron chi connectivity index (χ1n) is 6.32. The van der Waals surface area contributed by atoms with Crippen LogP contribution in [0.4, 0.5) is 0 Å². The molecular formula is C14H17Cl2NO3S. The summed E-state index contributed by atoms with van der Waals surface area (Å²) in [7, 11) is 3.06. The Morgan fingerprint density at radius 2 is 2.05 bits per heavy atom. The third kappa shape index (κ3) is 6.59. The van der Waals surface area contributed by atoms with Gasteiger partial charge in [0.2, 0.25) is 5.91 Å². The summed E-state index contributed by atoms with van der Waals surface area (Å²) in [6, 6.07) is 5.14. The summed E-state index contributed by atoms with van der Waals surface area (Å²) in [5, 5.41) is 1.16. The van der Waals surface area contributed by atoms with Crippen LogP contribution in [0.2, 0.25) is 10.0 Å². The Morgan fingerprint density at radius 1 is 1.33 bits per heavy atom. The molecule has 0 fully saturated rings. The number of ether oxygens (including phenoxy) is 1. The van der Waals surface area contributed by atoms with E-state index in [0.717, 1.165) is 4.90 Å². The fourth-order valence-electron chi connectivity index (χ4n) is 1.52. The van der Waals surface area contributed by atoms with Gasteiger partial charge in [0.1, 0.15) is 0 Å². The van der Waals surface area contributed by atoms with Crippen molar-refractivity contribution >= 4 is 46.8 Å². The predicted octanol–water partition coefficient (Wildman–Crippen LogP) is 3.50. The molecule has 4 nitrogen and oxygen atoms in total. The van der Waals surface area contributed by atoms with Crippen LogP contribution in [0.25, 0.3) is 0 Å². The predicted molar refractivity (Wildman–Crippen MR) is 86.1 cm³/mol. The van der Waals surface area contributed by atoms with Gasteiger partial charge in [0, 0.05) is 29.9 Å². The number of thioether (sulfide) groups is 1. The SMILES string of the molecule is COC(=O)CCCN(C)C(=O)CSc1cc(Cl)ccc1Cl. The maximum atomic E-state index is 12.0. The number of carbonyl (C=O) groups excluding carboxylic acids is 2. The number of hydrogen-bond acceptors (Lipinski definition) is 4. The summed E-state index contributed by atoms with van der Waals surface area (Å²) in [6.07, 6.45) is 0.888. The van der Waals surface area contributed by atoms with E-state index in [4.69, 9.17) is 23.2 Å². The third-order valence-electron chi connectivity index (χ3n) is 2.77. The molecule has 21 heavy (non-hydrogen) atoms. The first-order chi connectivity index (χ1) is 9.93. The third-order valence-corrected chi connectivity index (χ3v) is 4.49. The highest BCUT2D eigenvalue weighted by atomic mass is 35.5. The molecule has 116 valence electrons. The van der Waals surface area contributed by atoms with Crippen LogP contribution in [-0.4, -0.2) is 43.2 Å². The zero-order valence-electron chi connectivity index (χ0n) is 11.9. The first kappa shape index (κ1) is 18.1. The summed E-state index contributed by atoms with van der Waals surface area (Å²) in [4.78, 5) is 25.3. The van der Waals surface area contributed by atoms with Crippen molar-refractivity contribution in [2.45, 2.75) is 17.7 Å². The van der Waals surface area contributed by atoms with Crippen LogP contribution in [0.3, 0.4) is 0 Å². The van der Waals surface area contributed by atoms with Crippen LogP contribution in [0.1, 0.15) is 12.8 Å². The number of benzene rings is 1. The summed E-state index contributed by atoms with van der Waals surface area (Å²) in [6.45, 7) is 0.512. The Hall–Kier alpha value is -0.910. The van der Waals surface area contributed by atoms with Crippen molar-refractivity contribution in [1.29, 1.82) is 0 Å². The molecular weight excluding hydrogens is 333 g/mol. The lowest BCUT2D eigenvalue weighted by Crippen LogP contribution is -2.29. The summed E-state index contributed by atoms with van der Waals surface area (Å²) >= 11 is 13.3. The first-order valence-corrected chi connectivity index (χ1v) is 8.07. The Bertz CT molecular complexity index is 511. The van der Waals surface area contributed by atoms with Gasteiger partial charge in [-0.25, -0.2) is 0 Å². The maximum absolute atomic E-state index is 12.0. The van der Waals surface area contributed by atoms with E-state index in [-0.39, 0.29) is 17.6 Å². The quantitative estimate of drug-likeness (QED) is 0.558. The van der Waals surface area contributed by atoms with Crippen LogP contribution >= 0.6 is 35.0 Å². The van der Waals surface area contributed by atoms with Crippen LogP contribution in [0, 0.1) is 0 Å². The fourth-order valence-corrected chi connectivity index (χ4v) is 2.96. The Balaban J connectivity index is 2.39. The van der Waals surface area contributed by atoms with E-state index < -0.39 is 0 Å². The molecule has 0 aliphatic carbocycles. The second kappa shape index (κ2) is 9.18. The number of amides is 1. The normalized spacial score (nSPS) is 10.3. The highest BCUT2D eigenvalue weighted by Gasteiger charge is 2.11. The molecule has 0 saturated carbocycles. The molecule has 0 N–H and O–H groups in total. The van der Waals surface area contributed by atoms with Crippen molar-refractivity contribution in [1.82, 2.24) is 4.90 Å². The number of methoxy groups -OCH3 is 1. The molecule has 0 aliphatic heterocycles. The van der Waals surface area contributed by atoms with Crippen molar-refractivity contribution in [2.75, 3.05) is 26.5 Å². The van der Waals surface area contributed by atoms with Gasteiger partial charge in [-0.3, -0.25) is 9.59 Å². The lowest BCUT2D eigenvalue weighted by Gasteiger charge is -2.16. The molecule has 0 radical (unpaired) electrons. The molecule has 0 atom stereocenters. The molecule has 1 rings (SSSR count). The minimum atomic E-state index is -0.268. The van der Waals surface area contributed by atoms with Gasteiger partial charge in [-0.15, -0.1) is 11.8 Å². The standard InChI is InChI=1S/C14H17Cl2NO3S/c1-17(7-3-4-14(19)20-2)13(18)9-21-12-8-10(15)5-6-11(12)16/h5-6,8H,3-4,7,9H2,1-2H3.